The zero-order chi connectivity index (χ0) is 26.9. The Hall–Kier alpha value is -4.40. The number of rotatable bonds is 10. The van der Waals surface area contributed by atoms with Gasteiger partial charge in [0, 0.05) is 26.2 Å². The summed E-state index contributed by atoms with van der Waals surface area (Å²) in [5.41, 5.74) is 1.92. The van der Waals surface area contributed by atoms with Crippen LogP contribution in [0.4, 0.5) is 0 Å². The lowest BCUT2D eigenvalue weighted by molar-refractivity contribution is 0.0641. The van der Waals surface area contributed by atoms with Gasteiger partial charge in [-0.2, -0.15) is 0 Å². The second kappa shape index (κ2) is 10.4. The second-order valence-corrected chi connectivity index (χ2v) is 9.80. The van der Waals surface area contributed by atoms with Crippen molar-refractivity contribution in [1.29, 1.82) is 0 Å². The molecular formula is C31H28N4O4. The Morgan fingerprint density at radius 3 is 1.38 bits per heavy atom. The van der Waals surface area contributed by atoms with Crippen molar-refractivity contribution in [2.45, 2.75) is 6.42 Å². The minimum Gasteiger partial charge on any atom is -0.315 e. The maximum absolute atomic E-state index is 13.0. The normalized spacial score (nSPS) is 14.7. The Kier molecular flexibility index (Phi) is 6.64. The number of imide groups is 2. The lowest BCUT2D eigenvalue weighted by Crippen LogP contribution is -2.38. The lowest BCUT2D eigenvalue weighted by Gasteiger charge is -2.15. The average Bonchev–Trinajstić information content (AvgIpc) is 3.36. The highest BCUT2D eigenvalue weighted by atomic mass is 16.2. The average molecular weight is 521 g/mol. The molecule has 0 saturated heterocycles. The maximum atomic E-state index is 13.0. The number of hydrogen-bond donors (Lipinski definition) is 2. The van der Waals surface area contributed by atoms with Crippen molar-refractivity contribution in [1.82, 2.24) is 20.4 Å². The molecule has 0 radical (unpaired) electrons. The summed E-state index contributed by atoms with van der Waals surface area (Å²) in [6.07, 6.45) is 0.819. The highest BCUT2D eigenvalue weighted by Gasteiger charge is 2.37. The molecule has 0 spiro atoms. The molecule has 39 heavy (non-hydrogen) atoms. The van der Waals surface area contributed by atoms with E-state index in [1.807, 2.05) is 60.7 Å². The molecule has 8 nitrogen and oxygen atoms in total. The molecule has 0 unspecified atom stereocenters. The molecule has 2 heterocycles. The molecule has 4 aromatic carbocycles. The molecule has 2 aliphatic heterocycles. The zero-order valence-electron chi connectivity index (χ0n) is 21.4. The number of hydrogen-bond acceptors (Lipinski definition) is 6. The van der Waals surface area contributed by atoms with E-state index in [9.17, 15) is 19.2 Å². The van der Waals surface area contributed by atoms with E-state index in [2.05, 4.69) is 10.6 Å². The zero-order valence-corrected chi connectivity index (χ0v) is 21.4. The minimum atomic E-state index is -0.245. The molecular weight excluding hydrogens is 492 g/mol. The monoisotopic (exact) mass is 520 g/mol. The van der Waals surface area contributed by atoms with Crippen molar-refractivity contribution in [3.63, 3.8) is 0 Å². The summed E-state index contributed by atoms with van der Waals surface area (Å²) in [4.78, 5) is 54.2. The number of nitrogens with one attached hydrogen (secondary N) is 2. The summed E-state index contributed by atoms with van der Waals surface area (Å²) in [5, 5.41) is 10.1. The van der Waals surface area contributed by atoms with E-state index in [1.54, 1.807) is 12.1 Å². The predicted octanol–water partition coefficient (Wildman–Crippen LogP) is 3.45. The van der Waals surface area contributed by atoms with Crippen LogP contribution >= 0.6 is 0 Å². The van der Waals surface area contributed by atoms with Crippen LogP contribution in [-0.2, 0) is 0 Å². The molecule has 0 fully saturated rings. The smallest absolute Gasteiger partial charge is 0.262 e. The number of carbonyl (C=O) groups is 4. The Morgan fingerprint density at radius 2 is 0.923 bits per heavy atom. The summed E-state index contributed by atoms with van der Waals surface area (Å²) in [5.74, 6) is -0.969. The summed E-state index contributed by atoms with van der Waals surface area (Å²) in [6.45, 7) is 3.04. The van der Waals surface area contributed by atoms with Crippen LogP contribution in [0, 0.1) is 0 Å². The summed E-state index contributed by atoms with van der Waals surface area (Å²) >= 11 is 0. The largest absolute Gasteiger partial charge is 0.315 e. The third-order valence-corrected chi connectivity index (χ3v) is 7.46. The van der Waals surface area contributed by atoms with Gasteiger partial charge in [0.05, 0.1) is 22.3 Å². The van der Waals surface area contributed by atoms with Gasteiger partial charge in [-0.1, -0.05) is 60.7 Å². The molecule has 2 N–H and O–H groups in total. The number of nitrogens with zero attached hydrogens (tertiary/aromatic N) is 2. The van der Waals surface area contributed by atoms with Gasteiger partial charge in [-0.25, -0.2) is 0 Å². The molecule has 6 rings (SSSR count). The van der Waals surface area contributed by atoms with Crippen LogP contribution in [0.3, 0.4) is 0 Å². The first kappa shape index (κ1) is 24.9. The molecule has 8 heteroatoms. The van der Waals surface area contributed by atoms with Crippen LogP contribution in [0.5, 0.6) is 0 Å². The van der Waals surface area contributed by atoms with E-state index in [0.717, 1.165) is 28.0 Å². The van der Waals surface area contributed by atoms with Crippen LogP contribution in [-0.4, -0.2) is 72.7 Å². The van der Waals surface area contributed by atoms with Gasteiger partial charge in [-0.3, -0.25) is 29.0 Å². The van der Waals surface area contributed by atoms with Crippen LogP contribution in [0.15, 0.2) is 72.8 Å². The van der Waals surface area contributed by atoms with Crippen LogP contribution in [0.25, 0.3) is 21.5 Å². The summed E-state index contributed by atoms with van der Waals surface area (Å²) in [6, 6.07) is 22.4. The molecule has 0 bridgehead atoms. The van der Waals surface area contributed by atoms with Crippen molar-refractivity contribution < 1.29 is 19.2 Å². The van der Waals surface area contributed by atoms with E-state index in [1.165, 1.54) is 9.80 Å². The fourth-order valence-corrected chi connectivity index (χ4v) is 5.48. The van der Waals surface area contributed by atoms with Gasteiger partial charge in [0.1, 0.15) is 0 Å². The number of amides is 4. The molecule has 0 atom stereocenters. The van der Waals surface area contributed by atoms with Crippen molar-refractivity contribution in [3.05, 3.63) is 95.1 Å². The van der Waals surface area contributed by atoms with Gasteiger partial charge in [-0.05, 0) is 53.2 Å². The Morgan fingerprint density at radius 1 is 0.487 bits per heavy atom. The van der Waals surface area contributed by atoms with Gasteiger partial charge in [-0.15, -0.1) is 0 Å². The number of carbonyl (C=O) groups excluding carboxylic acids is 4. The van der Waals surface area contributed by atoms with E-state index in [-0.39, 0.29) is 23.6 Å². The lowest BCUT2D eigenvalue weighted by atomic mass is 10.0. The van der Waals surface area contributed by atoms with Gasteiger partial charge in [0.2, 0.25) is 0 Å². The Bertz CT molecular complexity index is 1530. The van der Waals surface area contributed by atoms with E-state index >= 15 is 0 Å². The van der Waals surface area contributed by atoms with Crippen molar-refractivity contribution in [2.75, 3.05) is 39.3 Å². The molecule has 4 amide bonds. The minimum absolute atomic E-state index is 0.239. The van der Waals surface area contributed by atoms with Crippen LogP contribution in [0.1, 0.15) is 47.9 Å². The highest BCUT2D eigenvalue weighted by molar-refractivity contribution is 6.27. The van der Waals surface area contributed by atoms with E-state index in [0.29, 0.717) is 61.5 Å². The molecule has 0 saturated carbocycles. The fraction of sp³-hybridized carbons (Fsp3) is 0.226. The Balaban J connectivity index is 0.922. The molecule has 0 aromatic heterocycles. The van der Waals surface area contributed by atoms with E-state index in [4.69, 9.17) is 0 Å². The van der Waals surface area contributed by atoms with Gasteiger partial charge in [0.25, 0.3) is 23.6 Å². The quantitative estimate of drug-likeness (QED) is 0.246. The topological polar surface area (TPSA) is 98.8 Å². The summed E-state index contributed by atoms with van der Waals surface area (Å²) < 4.78 is 0. The Labute approximate surface area is 225 Å². The van der Waals surface area contributed by atoms with Gasteiger partial charge >= 0.3 is 0 Å². The van der Waals surface area contributed by atoms with Gasteiger partial charge < -0.3 is 10.6 Å². The maximum Gasteiger partial charge on any atom is 0.262 e. The summed E-state index contributed by atoms with van der Waals surface area (Å²) in [7, 11) is 0. The van der Waals surface area contributed by atoms with E-state index < -0.39 is 0 Å². The third-order valence-electron chi connectivity index (χ3n) is 7.46. The number of fused-ring (bicyclic) bond motifs is 6. The van der Waals surface area contributed by atoms with Gasteiger partial charge in [0.15, 0.2) is 0 Å². The molecule has 196 valence electrons. The first-order valence-electron chi connectivity index (χ1n) is 13.2. The molecule has 4 aromatic rings. The first-order valence-corrected chi connectivity index (χ1v) is 13.2. The molecule has 0 aliphatic carbocycles. The fourth-order valence-electron chi connectivity index (χ4n) is 5.48. The predicted molar refractivity (Wildman–Crippen MR) is 149 cm³/mol. The first-order chi connectivity index (χ1) is 19.1. The highest BCUT2D eigenvalue weighted by Crippen LogP contribution is 2.31. The van der Waals surface area contributed by atoms with Crippen LogP contribution in [0.2, 0.25) is 0 Å². The van der Waals surface area contributed by atoms with Crippen molar-refractivity contribution in [3.8, 4) is 0 Å². The third kappa shape index (κ3) is 4.37. The van der Waals surface area contributed by atoms with Crippen molar-refractivity contribution >= 4 is 45.2 Å². The SMILES string of the molecule is O=C1c2ccc3ccccc3c2C(=O)N1CCNCCCNCCN1C(=O)c2ccc3ccccc3c2C1=O. The standard InChI is InChI=1S/C31H28N4O4/c36-28-24-12-10-20-6-1-3-8-22(20)26(24)30(38)34(28)18-16-32-14-5-15-33-17-19-35-29(37)25-13-11-21-7-2-4-9-23(21)27(25)31(35)39/h1-4,6-13,32-33H,5,14-19H2. The second-order valence-electron chi connectivity index (χ2n) is 9.80. The molecule has 2 aliphatic rings. The van der Waals surface area contributed by atoms with Crippen molar-refractivity contribution in [2.24, 2.45) is 0 Å². The van der Waals surface area contributed by atoms with Crippen LogP contribution < -0.4 is 10.6 Å². The number of benzene rings is 4.